The summed E-state index contributed by atoms with van der Waals surface area (Å²) in [6.07, 6.45) is 10.7. The number of hydrogen-bond donors (Lipinski definition) is 2. The highest BCUT2D eigenvalue weighted by Gasteiger charge is 2.25. The summed E-state index contributed by atoms with van der Waals surface area (Å²) in [5.74, 6) is 0.271. The van der Waals surface area contributed by atoms with Gasteiger partial charge in [-0.25, -0.2) is 13.1 Å². The highest BCUT2D eigenvalue weighted by molar-refractivity contribution is 7.99. The summed E-state index contributed by atoms with van der Waals surface area (Å²) in [6, 6.07) is 0.565. The Balaban J connectivity index is 1.70. The molecule has 4 nitrogen and oxygen atoms in total. The Labute approximate surface area is 127 Å². The third-order valence-electron chi connectivity index (χ3n) is 4.50. The second-order valence-electron chi connectivity index (χ2n) is 6.08. The molecule has 2 rings (SSSR count). The normalized spacial score (nSPS) is 32.1. The molecule has 1 unspecified atom stereocenters. The Kier molecular flexibility index (Phi) is 6.65. The van der Waals surface area contributed by atoms with Gasteiger partial charge in [0.15, 0.2) is 0 Å². The molecule has 0 spiro atoms. The molecule has 0 bridgehead atoms. The van der Waals surface area contributed by atoms with Gasteiger partial charge >= 0.3 is 0 Å². The van der Waals surface area contributed by atoms with Crippen molar-refractivity contribution in [1.29, 1.82) is 0 Å². The molecule has 20 heavy (non-hydrogen) atoms. The van der Waals surface area contributed by atoms with Crippen LogP contribution >= 0.6 is 11.8 Å². The van der Waals surface area contributed by atoms with Gasteiger partial charge in [-0.1, -0.05) is 6.42 Å². The molecular weight excluding hydrogens is 292 g/mol. The van der Waals surface area contributed by atoms with E-state index in [1.165, 1.54) is 12.8 Å². The van der Waals surface area contributed by atoms with Gasteiger partial charge in [0.2, 0.25) is 10.0 Å². The lowest BCUT2D eigenvalue weighted by Crippen LogP contribution is -2.41. The van der Waals surface area contributed by atoms with Gasteiger partial charge in [0.05, 0.1) is 5.75 Å². The minimum absolute atomic E-state index is 0.169. The molecule has 1 saturated heterocycles. The van der Waals surface area contributed by atoms with Crippen LogP contribution in [0.4, 0.5) is 0 Å². The molecule has 2 aliphatic rings. The monoisotopic (exact) mass is 320 g/mol. The fourth-order valence-corrected chi connectivity index (χ4v) is 5.40. The van der Waals surface area contributed by atoms with E-state index < -0.39 is 10.0 Å². The summed E-state index contributed by atoms with van der Waals surface area (Å²) >= 11 is 1.91. The Hall–Kier alpha value is 0.220. The van der Waals surface area contributed by atoms with Gasteiger partial charge in [-0.05, 0) is 57.7 Å². The number of piperidine rings is 1. The molecule has 6 heteroatoms. The summed E-state index contributed by atoms with van der Waals surface area (Å²) < 4.78 is 27.2. The minimum atomic E-state index is -3.10. The first kappa shape index (κ1) is 16.6. The van der Waals surface area contributed by atoms with Crippen LogP contribution in [0.15, 0.2) is 0 Å². The molecule has 0 radical (unpaired) electrons. The molecule has 118 valence electrons. The zero-order valence-corrected chi connectivity index (χ0v) is 14.1. The van der Waals surface area contributed by atoms with Gasteiger partial charge in [-0.2, -0.15) is 11.8 Å². The SMILES string of the molecule is CSC1CCC(NS(=O)(=O)CCC2CCCCN2)CC1. The number of nitrogens with one attached hydrogen (secondary N) is 2. The summed E-state index contributed by atoms with van der Waals surface area (Å²) in [5.41, 5.74) is 0. The molecule has 2 N–H and O–H groups in total. The van der Waals surface area contributed by atoms with E-state index in [1.54, 1.807) is 0 Å². The smallest absolute Gasteiger partial charge is 0.211 e. The van der Waals surface area contributed by atoms with E-state index >= 15 is 0 Å². The Bertz CT molecular complexity index is 373. The number of hydrogen-bond acceptors (Lipinski definition) is 4. The first-order valence-corrected chi connectivity index (χ1v) is 10.8. The highest BCUT2D eigenvalue weighted by atomic mass is 32.2. The molecule has 1 aliphatic heterocycles. The fourth-order valence-electron chi connectivity index (χ4n) is 3.20. The standard InChI is InChI=1S/C14H28N2O2S2/c1-19-14-7-5-13(6-8-14)16-20(17,18)11-9-12-4-2-3-10-15-12/h12-16H,2-11H2,1H3. The van der Waals surface area contributed by atoms with Crippen LogP contribution in [0.2, 0.25) is 0 Å². The molecule has 0 aromatic heterocycles. The van der Waals surface area contributed by atoms with Crippen molar-refractivity contribution in [2.75, 3.05) is 18.6 Å². The van der Waals surface area contributed by atoms with Crippen molar-refractivity contribution in [2.24, 2.45) is 0 Å². The molecule has 2 fully saturated rings. The van der Waals surface area contributed by atoms with Crippen LogP contribution in [0.3, 0.4) is 0 Å². The zero-order chi connectivity index (χ0) is 14.4. The minimum Gasteiger partial charge on any atom is -0.314 e. The van der Waals surface area contributed by atoms with Gasteiger partial charge in [0.1, 0.15) is 0 Å². The molecule has 1 aliphatic carbocycles. The zero-order valence-electron chi connectivity index (χ0n) is 12.4. The number of thioether (sulfide) groups is 1. The van der Waals surface area contributed by atoms with Crippen LogP contribution in [0.25, 0.3) is 0 Å². The maximum absolute atomic E-state index is 12.1. The van der Waals surface area contributed by atoms with Crippen molar-refractivity contribution >= 4 is 21.8 Å². The highest BCUT2D eigenvalue weighted by Crippen LogP contribution is 2.27. The number of sulfonamides is 1. The van der Waals surface area contributed by atoms with Crippen LogP contribution in [0.1, 0.15) is 51.4 Å². The Morgan fingerprint density at radius 1 is 1.15 bits per heavy atom. The van der Waals surface area contributed by atoms with E-state index in [4.69, 9.17) is 0 Å². The lowest BCUT2D eigenvalue weighted by atomic mass is 9.96. The first-order valence-electron chi connectivity index (χ1n) is 7.85. The van der Waals surface area contributed by atoms with Crippen molar-refractivity contribution in [3.63, 3.8) is 0 Å². The third-order valence-corrected chi connectivity index (χ3v) is 7.10. The maximum atomic E-state index is 12.1. The van der Waals surface area contributed by atoms with Crippen molar-refractivity contribution < 1.29 is 8.42 Å². The topological polar surface area (TPSA) is 58.2 Å². The average molecular weight is 321 g/mol. The van der Waals surface area contributed by atoms with E-state index in [9.17, 15) is 8.42 Å². The molecule has 1 atom stereocenters. The van der Waals surface area contributed by atoms with Crippen LogP contribution in [-0.2, 0) is 10.0 Å². The lowest BCUT2D eigenvalue weighted by molar-refractivity contribution is 0.389. The predicted octanol–water partition coefficient (Wildman–Crippen LogP) is 2.11. The van der Waals surface area contributed by atoms with Gasteiger partial charge < -0.3 is 5.32 Å². The van der Waals surface area contributed by atoms with Gasteiger partial charge in [0.25, 0.3) is 0 Å². The van der Waals surface area contributed by atoms with Crippen LogP contribution in [0.5, 0.6) is 0 Å². The van der Waals surface area contributed by atoms with Gasteiger partial charge in [-0.3, -0.25) is 0 Å². The predicted molar refractivity (Wildman–Crippen MR) is 86.7 cm³/mol. The van der Waals surface area contributed by atoms with E-state index in [1.807, 2.05) is 11.8 Å². The largest absolute Gasteiger partial charge is 0.314 e. The average Bonchev–Trinajstić information content (AvgIpc) is 2.47. The fraction of sp³-hybridized carbons (Fsp3) is 1.00. The molecular formula is C14H28N2O2S2. The van der Waals surface area contributed by atoms with Gasteiger partial charge in [0, 0.05) is 17.3 Å². The van der Waals surface area contributed by atoms with Crippen LogP contribution in [-0.4, -0.2) is 44.3 Å². The molecule has 0 aromatic carbocycles. The van der Waals surface area contributed by atoms with Crippen LogP contribution < -0.4 is 10.0 Å². The van der Waals surface area contributed by atoms with Crippen molar-refractivity contribution in [3.05, 3.63) is 0 Å². The molecule has 0 amide bonds. The Morgan fingerprint density at radius 3 is 2.50 bits per heavy atom. The molecule has 0 aromatic rings. The van der Waals surface area contributed by atoms with Gasteiger partial charge in [-0.15, -0.1) is 0 Å². The summed E-state index contributed by atoms with van der Waals surface area (Å²) in [5, 5.41) is 4.14. The van der Waals surface area contributed by atoms with E-state index in [0.29, 0.717) is 6.04 Å². The van der Waals surface area contributed by atoms with Crippen molar-refractivity contribution in [3.8, 4) is 0 Å². The lowest BCUT2D eigenvalue weighted by Gasteiger charge is -2.28. The second kappa shape index (κ2) is 8.01. The third kappa shape index (κ3) is 5.54. The van der Waals surface area contributed by atoms with Crippen molar-refractivity contribution in [2.45, 2.75) is 68.7 Å². The molecule has 1 saturated carbocycles. The van der Waals surface area contributed by atoms with Crippen LogP contribution in [0, 0.1) is 0 Å². The summed E-state index contributed by atoms with van der Waals surface area (Å²) in [4.78, 5) is 0. The maximum Gasteiger partial charge on any atom is 0.211 e. The summed E-state index contributed by atoms with van der Waals surface area (Å²) in [6.45, 7) is 1.04. The van der Waals surface area contributed by atoms with E-state index in [2.05, 4.69) is 16.3 Å². The first-order chi connectivity index (χ1) is 9.59. The van der Waals surface area contributed by atoms with Crippen molar-refractivity contribution in [1.82, 2.24) is 10.0 Å². The summed E-state index contributed by atoms with van der Waals surface area (Å²) in [7, 11) is -3.10. The van der Waals surface area contributed by atoms with E-state index in [0.717, 1.165) is 50.3 Å². The number of rotatable bonds is 6. The quantitative estimate of drug-likeness (QED) is 0.787. The second-order valence-corrected chi connectivity index (χ2v) is 9.09. The molecule has 1 heterocycles. The van der Waals surface area contributed by atoms with E-state index in [-0.39, 0.29) is 11.8 Å². The Morgan fingerprint density at radius 2 is 1.90 bits per heavy atom.